The van der Waals surface area contributed by atoms with Gasteiger partial charge in [0.2, 0.25) is 0 Å². The van der Waals surface area contributed by atoms with E-state index in [0.717, 1.165) is 5.75 Å². The van der Waals surface area contributed by atoms with Gasteiger partial charge in [-0.2, -0.15) is 0 Å². The van der Waals surface area contributed by atoms with Crippen LogP contribution in [0.5, 0.6) is 11.5 Å². The molecule has 0 aliphatic rings. The first-order chi connectivity index (χ1) is 7.76. The maximum absolute atomic E-state index is 11.0. The molecular weight excluding hydrogens is 208 g/mol. The number of carbonyl (C=O) groups is 1. The fourth-order valence-electron chi connectivity index (χ4n) is 1.05. The van der Waals surface area contributed by atoms with Crippen LogP contribution in [0.4, 0.5) is 0 Å². The zero-order chi connectivity index (χ0) is 11.8. The van der Waals surface area contributed by atoms with Gasteiger partial charge in [-0.15, -0.1) is 0 Å². The second kappa shape index (κ2) is 6.85. The first-order valence-corrected chi connectivity index (χ1v) is 5.18. The highest BCUT2D eigenvalue weighted by atomic mass is 16.5. The summed E-state index contributed by atoms with van der Waals surface area (Å²) in [6.07, 6.45) is 0.367. The Morgan fingerprint density at radius 1 is 1.12 bits per heavy atom. The molecule has 1 aromatic rings. The van der Waals surface area contributed by atoms with Crippen molar-refractivity contribution < 1.29 is 19.0 Å². The summed E-state index contributed by atoms with van der Waals surface area (Å²) in [7, 11) is 1.62. The number of carbonyl (C=O) groups excluding carboxylic acids is 1. The first kappa shape index (κ1) is 12.5. The van der Waals surface area contributed by atoms with Crippen molar-refractivity contribution in [3.63, 3.8) is 0 Å². The number of benzene rings is 1. The summed E-state index contributed by atoms with van der Waals surface area (Å²) in [5.41, 5.74) is 0. The standard InChI is InChI=1S/C12H16O4/c1-3-12(13)16-11-6-4-10(5-7-11)15-9-8-14-2/h4-7H,3,8-9H2,1-2H3. The van der Waals surface area contributed by atoms with Gasteiger partial charge in [0.1, 0.15) is 18.1 Å². The van der Waals surface area contributed by atoms with E-state index in [0.29, 0.717) is 25.4 Å². The van der Waals surface area contributed by atoms with Crippen molar-refractivity contribution in [3.8, 4) is 11.5 Å². The average molecular weight is 224 g/mol. The normalized spacial score (nSPS) is 9.88. The topological polar surface area (TPSA) is 44.8 Å². The lowest BCUT2D eigenvalue weighted by Crippen LogP contribution is -2.06. The first-order valence-electron chi connectivity index (χ1n) is 5.18. The second-order valence-corrected chi connectivity index (χ2v) is 3.14. The van der Waals surface area contributed by atoms with Gasteiger partial charge in [0.25, 0.3) is 0 Å². The maximum Gasteiger partial charge on any atom is 0.310 e. The zero-order valence-corrected chi connectivity index (χ0v) is 9.56. The molecule has 4 nitrogen and oxygen atoms in total. The molecule has 1 rings (SSSR count). The van der Waals surface area contributed by atoms with Crippen molar-refractivity contribution in [1.29, 1.82) is 0 Å². The molecule has 0 spiro atoms. The summed E-state index contributed by atoms with van der Waals surface area (Å²) in [4.78, 5) is 11.0. The van der Waals surface area contributed by atoms with Gasteiger partial charge in [0.05, 0.1) is 6.61 Å². The predicted molar refractivity (Wildman–Crippen MR) is 59.7 cm³/mol. The molecule has 0 aliphatic carbocycles. The third-order valence-corrected chi connectivity index (χ3v) is 1.90. The molecule has 0 N–H and O–H groups in total. The minimum absolute atomic E-state index is 0.243. The highest BCUT2D eigenvalue weighted by Gasteiger charge is 2.01. The number of methoxy groups -OCH3 is 1. The third kappa shape index (κ3) is 4.31. The monoisotopic (exact) mass is 224 g/mol. The van der Waals surface area contributed by atoms with Crippen LogP contribution in [-0.4, -0.2) is 26.3 Å². The SMILES string of the molecule is CCC(=O)Oc1ccc(OCCOC)cc1. The van der Waals surface area contributed by atoms with E-state index in [4.69, 9.17) is 14.2 Å². The number of hydrogen-bond acceptors (Lipinski definition) is 4. The van der Waals surface area contributed by atoms with Crippen LogP contribution in [-0.2, 0) is 9.53 Å². The highest BCUT2D eigenvalue weighted by molar-refractivity contribution is 5.71. The van der Waals surface area contributed by atoms with E-state index in [1.807, 2.05) is 0 Å². The Kier molecular flexibility index (Phi) is 5.36. The Labute approximate surface area is 95.1 Å². The van der Waals surface area contributed by atoms with Crippen LogP contribution in [0.2, 0.25) is 0 Å². The lowest BCUT2D eigenvalue weighted by Gasteiger charge is -2.06. The molecule has 0 atom stereocenters. The summed E-state index contributed by atoms with van der Waals surface area (Å²) >= 11 is 0. The summed E-state index contributed by atoms with van der Waals surface area (Å²) in [5, 5.41) is 0. The van der Waals surface area contributed by atoms with Crippen LogP contribution in [0, 0.1) is 0 Å². The molecule has 88 valence electrons. The van der Waals surface area contributed by atoms with E-state index in [1.165, 1.54) is 0 Å². The number of hydrogen-bond donors (Lipinski definition) is 0. The Morgan fingerprint density at radius 2 is 1.75 bits per heavy atom. The van der Waals surface area contributed by atoms with E-state index >= 15 is 0 Å². The van der Waals surface area contributed by atoms with Crippen LogP contribution in [0.15, 0.2) is 24.3 Å². The van der Waals surface area contributed by atoms with Gasteiger partial charge in [-0.25, -0.2) is 0 Å². The molecular formula is C12H16O4. The van der Waals surface area contributed by atoms with Gasteiger partial charge in [-0.1, -0.05) is 6.92 Å². The fourth-order valence-corrected chi connectivity index (χ4v) is 1.05. The third-order valence-electron chi connectivity index (χ3n) is 1.90. The van der Waals surface area contributed by atoms with Gasteiger partial charge in [-0.05, 0) is 24.3 Å². The minimum atomic E-state index is -0.243. The van der Waals surface area contributed by atoms with E-state index in [9.17, 15) is 4.79 Å². The Morgan fingerprint density at radius 3 is 2.31 bits per heavy atom. The van der Waals surface area contributed by atoms with Crippen LogP contribution in [0.1, 0.15) is 13.3 Å². The number of rotatable bonds is 6. The van der Waals surface area contributed by atoms with Crippen LogP contribution in [0.3, 0.4) is 0 Å². The summed E-state index contributed by atoms with van der Waals surface area (Å²) in [6.45, 7) is 2.81. The van der Waals surface area contributed by atoms with Crippen LogP contribution >= 0.6 is 0 Å². The molecule has 0 unspecified atom stereocenters. The molecule has 0 radical (unpaired) electrons. The van der Waals surface area contributed by atoms with E-state index in [-0.39, 0.29) is 5.97 Å². The van der Waals surface area contributed by atoms with Crippen molar-refractivity contribution >= 4 is 5.97 Å². The van der Waals surface area contributed by atoms with E-state index in [2.05, 4.69) is 0 Å². The Balaban J connectivity index is 2.44. The average Bonchev–Trinajstić information content (AvgIpc) is 2.31. The lowest BCUT2D eigenvalue weighted by molar-refractivity contribution is -0.134. The molecule has 4 heteroatoms. The van der Waals surface area contributed by atoms with Gasteiger partial charge in [0, 0.05) is 13.5 Å². The van der Waals surface area contributed by atoms with E-state index in [1.54, 1.807) is 38.3 Å². The number of esters is 1. The molecule has 0 aliphatic heterocycles. The van der Waals surface area contributed by atoms with Crippen molar-refractivity contribution in [3.05, 3.63) is 24.3 Å². The van der Waals surface area contributed by atoms with Gasteiger partial charge >= 0.3 is 5.97 Å². The predicted octanol–water partition coefficient (Wildman–Crippen LogP) is 2.03. The molecule has 16 heavy (non-hydrogen) atoms. The quantitative estimate of drug-likeness (QED) is 0.421. The molecule has 0 heterocycles. The van der Waals surface area contributed by atoms with E-state index < -0.39 is 0 Å². The zero-order valence-electron chi connectivity index (χ0n) is 9.56. The lowest BCUT2D eigenvalue weighted by atomic mass is 10.3. The second-order valence-electron chi connectivity index (χ2n) is 3.14. The van der Waals surface area contributed by atoms with Crippen molar-refractivity contribution in [2.75, 3.05) is 20.3 Å². The summed E-state index contributed by atoms with van der Waals surface area (Å²) in [5.74, 6) is 1.02. The smallest absolute Gasteiger partial charge is 0.310 e. The van der Waals surface area contributed by atoms with Gasteiger partial charge in [-0.3, -0.25) is 4.79 Å². The molecule has 0 bridgehead atoms. The van der Waals surface area contributed by atoms with Crippen molar-refractivity contribution in [2.45, 2.75) is 13.3 Å². The fraction of sp³-hybridized carbons (Fsp3) is 0.417. The molecule has 0 saturated carbocycles. The van der Waals surface area contributed by atoms with Crippen molar-refractivity contribution in [2.24, 2.45) is 0 Å². The highest BCUT2D eigenvalue weighted by Crippen LogP contribution is 2.17. The maximum atomic E-state index is 11.0. The Hall–Kier alpha value is -1.55. The summed E-state index contributed by atoms with van der Waals surface area (Å²) < 4.78 is 15.3. The molecule has 0 saturated heterocycles. The molecule has 0 aromatic heterocycles. The van der Waals surface area contributed by atoms with Crippen LogP contribution < -0.4 is 9.47 Å². The van der Waals surface area contributed by atoms with Crippen LogP contribution in [0.25, 0.3) is 0 Å². The molecule has 0 amide bonds. The van der Waals surface area contributed by atoms with Crippen molar-refractivity contribution in [1.82, 2.24) is 0 Å². The Bertz CT molecular complexity index is 318. The molecule has 1 aromatic carbocycles. The molecule has 0 fully saturated rings. The summed E-state index contributed by atoms with van der Waals surface area (Å²) in [6, 6.07) is 6.92. The number of ether oxygens (including phenoxy) is 3. The minimum Gasteiger partial charge on any atom is -0.491 e. The largest absolute Gasteiger partial charge is 0.491 e. The van der Waals surface area contributed by atoms with Gasteiger partial charge in [0.15, 0.2) is 0 Å². The van der Waals surface area contributed by atoms with Gasteiger partial charge < -0.3 is 14.2 Å².